The fourth-order valence-corrected chi connectivity index (χ4v) is 4.30. The molecule has 1 aromatic heterocycles. The molecule has 2 rings (SSSR count). The maximum Gasteiger partial charge on any atom is 0.311 e. The summed E-state index contributed by atoms with van der Waals surface area (Å²) in [6, 6.07) is 0.102. The SMILES string of the molecule is CSCC[C@@H](NC(C)=O)[C@@H](O)[C@H](O)[C@H](Cc1cc(F)cc(F)c1)NC(=O)c1coc(N(C)S(C)(=O)=O)n1. The first-order valence-electron chi connectivity index (χ1n) is 11.0. The summed E-state index contributed by atoms with van der Waals surface area (Å²) in [6.07, 6.45) is 0.351. The highest BCUT2D eigenvalue weighted by molar-refractivity contribution is 7.98. The molecule has 0 aliphatic rings. The Morgan fingerprint density at radius 1 is 1.14 bits per heavy atom. The largest absolute Gasteiger partial charge is 0.430 e. The van der Waals surface area contributed by atoms with Crippen LogP contribution in [0.5, 0.6) is 0 Å². The zero-order chi connectivity index (χ0) is 27.9. The van der Waals surface area contributed by atoms with E-state index in [0.717, 1.165) is 24.7 Å². The van der Waals surface area contributed by atoms with Crippen molar-refractivity contribution in [2.45, 2.75) is 44.1 Å². The van der Waals surface area contributed by atoms with Gasteiger partial charge in [-0.2, -0.15) is 16.7 Å². The standard InChI is InChI=1S/C22H30F2N4O7S2/c1-12(29)25-16(5-6-36-3)19(30)20(31)17(9-13-7-14(23)10-15(24)8-13)26-21(32)18-11-35-22(27-18)28(2)37(4,33)34/h7-8,10-11,16-17,19-20,30-31H,5-6,9H2,1-4H3,(H,25,29)(H,26,32)/t16-,17+,19-,20-/m1/s1. The lowest BCUT2D eigenvalue weighted by molar-refractivity contribution is -0.121. The third kappa shape index (κ3) is 8.94. The maximum atomic E-state index is 13.8. The van der Waals surface area contributed by atoms with Crippen molar-refractivity contribution >= 4 is 39.6 Å². The molecule has 15 heteroatoms. The first-order chi connectivity index (χ1) is 17.2. The lowest BCUT2D eigenvalue weighted by atomic mass is 9.92. The van der Waals surface area contributed by atoms with Crippen molar-refractivity contribution in [2.24, 2.45) is 0 Å². The van der Waals surface area contributed by atoms with E-state index in [4.69, 9.17) is 4.42 Å². The first-order valence-corrected chi connectivity index (χ1v) is 14.2. The molecule has 11 nitrogen and oxygen atoms in total. The molecule has 2 amide bonds. The van der Waals surface area contributed by atoms with E-state index in [1.54, 1.807) is 0 Å². The molecule has 0 aliphatic heterocycles. The molecule has 2 aromatic rings. The average Bonchev–Trinajstić information content (AvgIpc) is 3.28. The smallest absolute Gasteiger partial charge is 0.311 e. The topological polar surface area (TPSA) is 162 Å². The van der Waals surface area contributed by atoms with Crippen LogP contribution in [-0.2, 0) is 21.2 Å². The predicted molar refractivity (Wildman–Crippen MR) is 134 cm³/mol. The molecule has 0 aliphatic carbocycles. The Hall–Kier alpha value is -2.75. The first kappa shape index (κ1) is 30.5. The number of carbonyl (C=O) groups excluding carboxylic acids is 2. The molecule has 0 fully saturated rings. The third-order valence-electron chi connectivity index (χ3n) is 5.38. The number of rotatable bonds is 13. The number of benzene rings is 1. The van der Waals surface area contributed by atoms with Crippen LogP contribution in [0.2, 0.25) is 0 Å². The molecule has 0 unspecified atom stereocenters. The van der Waals surface area contributed by atoms with Crippen LogP contribution in [0, 0.1) is 11.6 Å². The molecule has 0 saturated carbocycles. The number of sulfonamides is 1. The van der Waals surface area contributed by atoms with Gasteiger partial charge < -0.3 is 25.3 Å². The van der Waals surface area contributed by atoms with E-state index in [-0.39, 0.29) is 23.7 Å². The number of anilines is 1. The fraction of sp³-hybridized carbons (Fsp3) is 0.500. The van der Waals surface area contributed by atoms with Gasteiger partial charge in [-0.15, -0.1) is 0 Å². The molecular formula is C22H30F2N4O7S2. The van der Waals surface area contributed by atoms with Crippen molar-refractivity contribution < 1.29 is 41.4 Å². The minimum atomic E-state index is -3.73. The molecule has 206 valence electrons. The van der Waals surface area contributed by atoms with Crippen molar-refractivity contribution in [2.75, 3.05) is 29.6 Å². The van der Waals surface area contributed by atoms with Gasteiger partial charge in [-0.3, -0.25) is 9.59 Å². The van der Waals surface area contributed by atoms with Gasteiger partial charge in [0.2, 0.25) is 15.9 Å². The van der Waals surface area contributed by atoms with Gasteiger partial charge in [0.05, 0.1) is 18.3 Å². The number of aromatic nitrogens is 1. The van der Waals surface area contributed by atoms with Crippen molar-refractivity contribution in [1.82, 2.24) is 15.6 Å². The summed E-state index contributed by atoms with van der Waals surface area (Å²) in [5, 5.41) is 26.9. The summed E-state index contributed by atoms with van der Waals surface area (Å²) in [7, 11) is -2.56. The molecule has 4 N–H and O–H groups in total. The summed E-state index contributed by atoms with van der Waals surface area (Å²) in [4.78, 5) is 28.4. The lowest BCUT2D eigenvalue weighted by Gasteiger charge is -2.32. The Labute approximate surface area is 217 Å². The highest BCUT2D eigenvalue weighted by Crippen LogP contribution is 2.18. The number of carbonyl (C=O) groups is 2. The van der Waals surface area contributed by atoms with Crippen LogP contribution in [0.4, 0.5) is 14.8 Å². The molecule has 0 saturated heterocycles. The highest BCUT2D eigenvalue weighted by atomic mass is 32.2. The summed E-state index contributed by atoms with van der Waals surface area (Å²) in [6.45, 7) is 1.25. The summed E-state index contributed by atoms with van der Waals surface area (Å²) >= 11 is 1.45. The normalized spacial score (nSPS) is 14.9. The Morgan fingerprint density at radius 3 is 2.27 bits per heavy atom. The quantitative estimate of drug-likeness (QED) is 0.274. The number of oxazole rings is 1. The van der Waals surface area contributed by atoms with Gasteiger partial charge in [0.25, 0.3) is 5.91 Å². The summed E-state index contributed by atoms with van der Waals surface area (Å²) in [5.74, 6) is -2.58. The van der Waals surface area contributed by atoms with Gasteiger partial charge in [-0.1, -0.05) is 0 Å². The van der Waals surface area contributed by atoms with E-state index in [0.29, 0.717) is 22.5 Å². The molecule has 1 heterocycles. The van der Waals surface area contributed by atoms with E-state index < -0.39 is 57.8 Å². The number of amides is 2. The minimum Gasteiger partial charge on any atom is -0.430 e. The fourth-order valence-electron chi connectivity index (χ4n) is 3.45. The Balaban J connectivity index is 2.35. The van der Waals surface area contributed by atoms with Gasteiger partial charge in [0.15, 0.2) is 5.69 Å². The van der Waals surface area contributed by atoms with Crippen LogP contribution < -0.4 is 14.9 Å². The van der Waals surface area contributed by atoms with Crippen molar-refractivity contribution in [3.63, 3.8) is 0 Å². The second-order valence-electron chi connectivity index (χ2n) is 8.38. The van der Waals surface area contributed by atoms with Gasteiger partial charge >= 0.3 is 6.01 Å². The Bertz CT molecular complexity index is 1180. The van der Waals surface area contributed by atoms with Crippen LogP contribution in [0.15, 0.2) is 28.9 Å². The van der Waals surface area contributed by atoms with Gasteiger partial charge in [-0.25, -0.2) is 21.5 Å². The number of hydrogen-bond donors (Lipinski definition) is 4. The van der Waals surface area contributed by atoms with Gasteiger partial charge in [0.1, 0.15) is 30.1 Å². The number of thioether (sulfide) groups is 1. The molecular weight excluding hydrogens is 534 g/mol. The van der Waals surface area contributed by atoms with Crippen molar-refractivity contribution in [1.29, 1.82) is 0 Å². The molecule has 0 radical (unpaired) electrons. The maximum absolute atomic E-state index is 13.8. The predicted octanol–water partition coefficient (Wildman–Crippen LogP) is 0.669. The number of halogens is 2. The molecule has 1 aromatic carbocycles. The number of aliphatic hydroxyl groups is 2. The van der Waals surface area contributed by atoms with Crippen LogP contribution in [0.3, 0.4) is 0 Å². The van der Waals surface area contributed by atoms with E-state index in [2.05, 4.69) is 15.6 Å². The number of hydrogen-bond acceptors (Lipinski definition) is 9. The third-order valence-corrected chi connectivity index (χ3v) is 7.18. The lowest BCUT2D eigenvalue weighted by Crippen LogP contribution is -2.56. The number of nitrogens with one attached hydrogen (secondary N) is 2. The number of nitrogens with zero attached hydrogens (tertiary/aromatic N) is 2. The summed E-state index contributed by atoms with van der Waals surface area (Å²) < 4.78 is 56.7. The number of aliphatic hydroxyl groups excluding tert-OH is 2. The van der Waals surface area contributed by atoms with E-state index >= 15 is 0 Å². The molecule has 0 bridgehead atoms. The van der Waals surface area contributed by atoms with Crippen molar-refractivity contribution in [3.8, 4) is 0 Å². The molecule has 0 spiro atoms. The van der Waals surface area contributed by atoms with E-state index in [1.807, 2.05) is 6.26 Å². The Morgan fingerprint density at radius 2 is 1.73 bits per heavy atom. The van der Waals surface area contributed by atoms with Gasteiger partial charge in [-0.05, 0) is 42.5 Å². The monoisotopic (exact) mass is 564 g/mol. The summed E-state index contributed by atoms with van der Waals surface area (Å²) in [5.41, 5.74) is -0.268. The molecule has 37 heavy (non-hydrogen) atoms. The highest BCUT2D eigenvalue weighted by Gasteiger charge is 2.34. The van der Waals surface area contributed by atoms with Crippen LogP contribution in [0.1, 0.15) is 29.4 Å². The minimum absolute atomic E-state index is 0.0758. The van der Waals surface area contributed by atoms with Crippen LogP contribution >= 0.6 is 11.8 Å². The second-order valence-corrected chi connectivity index (χ2v) is 11.4. The average molecular weight is 565 g/mol. The zero-order valence-electron chi connectivity index (χ0n) is 20.6. The van der Waals surface area contributed by atoms with Crippen molar-refractivity contribution in [3.05, 3.63) is 47.4 Å². The van der Waals surface area contributed by atoms with Crippen LogP contribution in [0.25, 0.3) is 0 Å². The molecule has 4 atom stereocenters. The Kier molecular flexibility index (Phi) is 10.8. The van der Waals surface area contributed by atoms with Crippen LogP contribution in [-0.4, -0.2) is 85.0 Å². The van der Waals surface area contributed by atoms with E-state index in [9.17, 15) is 37.0 Å². The zero-order valence-corrected chi connectivity index (χ0v) is 22.3. The van der Waals surface area contributed by atoms with Gasteiger partial charge in [0, 0.05) is 20.0 Å². The van der Waals surface area contributed by atoms with E-state index in [1.165, 1.54) is 25.7 Å². The second kappa shape index (κ2) is 13.2.